The summed E-state index contributed by atoms with van der Waals surface area (Å²) in [5.41, 5.74) is 9.61. The Hall–Kier alpha value is -0.830. The molecule has 1 aliphatic carbocycles. The van der Waals surface area contributed by atoms with Gasteiger partial charge in [0.1, 0.15) is 0 Å². The van der Waals surface area contributed by atoms with Crippen LogP contribution in [-0.4, -0.2) is 9.78 Å². The Balaban J connectivity index is 2.57. The molecule has 0 fully saturated rings. The minimum Gasteiger partial charge on any atom is -0.323 e. The number of hydrogen-bond donors (Lipinski definition) is 1. The predicted octanol–water partition coefficient (Wildman–Crippen LogP) is 0.675. The van der Waals surface area contributed by atoms with E-state index in [-0.39, 0.29) is 6.04 Å². The highest BCUT2D eigenvalue weighted by Gasteiger charge is 2.24. The van der Waals surface area contributed by atoms with Crippen molar-refractivity contribution in [1.29, 1.82) is 0 Å². The summed E-state index contributed by atoms with van der Waals surface area (Å²) in [4.78, 5) is 0. The number of aromatic nitrogens is 2. The molecule has 0 radical (unpaired) electrons. The van der Waals surface area contributed by atoms with E-state index in [4.69, 9.17) is 5.73 Å². The topological polar surface area (TPSA) is 43.8 Å². The summed E-state index contributed by atoms with van der Waals surface area (Å²) in [6.45, 7) is 2.10. The van der Waals surface area contributed by atoms with Crippen LogP contribution in [0, 0.1) is 6.92 Å². The Bertz CT molecular complexity index is 288. The number of hydrogen-bond acceptors (Lipinski definition) is 2. The van der Waals surface area contributed by atoms with Crippen LogP contribution in [0.25, 0.3) is 0 Å². The van der Waals surface area contributed by atoms with Crippen LogP contribution >= 0.6 is 0 Å². The van der Waals surface area contributed by atoms with Crippen molar-refractivity contribution in [2.45, 2.75) is 25.8 Å². The first-order chi connectivity index (χ1) is 5.20. The zero-order chi connectivity index (χ0) is 8.01. The van der Waals surface area contributed by atoms with Gasteiger partial charge in [-0.25, -0.2) is 0 Å². The quantitative estimate of drug-likeness (QED) is 0.592. The minimum atomic E-state index is 0.185. The van der Waals surface area contributed by atoms with E-state index in [1.54, 1.807) is 0 Å². The molecule has 60 valence electrons. The van der Waals surface area contributed by atoms with Gasteiger partial charge in [-0.2, -0.15) is 5.10 Å². The standard InChI is InChI=1S/C8H13N3/c1-5-6-3-4-7(9)8(6)10-11(5)2/h7H,3-4,9H2,1-2H3. The predicted molar refractivity (Wildman–Crippen MR) is 43.2 cm³/mol. The van der Waals surface area contributed by atoms with Crippen LogP contribution in [0.5, 0.6) is 0 Å². The second kappa shape index (κ2) is 2.08. The highest BCUT2D eigenvalue weighted by atomic mass is 15.3. The molecule has 1 heterocycles. The van der Waals surface area contributed by atoms with Crippen molar-refractivity contribution in [3.8, 4) is 0 Å². The maximum Gasteiger partial charge on any atom is 0.0826 e. The van der Waals surface area contributed by atoms with Crippen molar-refractivity contribution >= 4 is 0 Å². The fourth-order valence-electron chi connectivity index (χ4n) is 1.72. The van der Waals surface area contributed by atoms with E-state index in [9.17, 15) is 0 Å². The van der Waals surface area contributed by atoms with Crippen LogP contribution in [-0.2, 0) is 13.5 Å². The van der Waals surface area contributed by atoms with E-state index in [2.05, 4.69) is 12.0 Å². The molecule has 0 spiro atoms. The summed E-state index contributed by atoms with van der Waals surface area (Å²) in [5, 5.41) is 4.36. The zero-order valence-electron chi connectivity index (χ0n) is 6.96. The van der Waals surface area contributed by atoms with Crippen molar-refractivity contribution in [2.75, 3.05) is 0 Å². The number of nitrogens with two attached hydrogens (primary N) is 1. The lowest BCUT2D eigenvalue weighted by Crippen LogP contribution is -2.07. The smallest absolute Gasteiger partial charge is 0.0826 e. The van der Waals surface area contributed by atoms with Crippen LogP contribution in [0.15, 0.2) is 0 Å². The summed E-state index contributed by atoms with van der Waals surface area (Å²) >= 11 is 0. The van der Waals surface area contributed by atoms with Crippen LogP contribution in [0.1, 0.15) is 29.4 Å². The molecule has 0 bridgehead atoms. The van der Waals surface area contributed by atoms with Gasteiger partial charge in [0.15, 0.2) is 0 Å². The minimum absolute atomic E-state index is 0.185. The van der Waals surface area contributed by atoms with Crippen molar-refractivity contribution in [2.24, 2.45) is 12.8 Å². The zero-order valence-corrected chi connectivity index (χ0v) is 6.96. The van der Waals surface area contributed by atoms with Gasteiger partial charge in [0.05, 0.1) is 5.69 Å². The summed E-state index contributed by atoms with van der Waals surface area (Å²) in [6.07, 6.45) is 2.18. The lowest BCUT2D eigenvalue weighted by molar-refractivity contribution is 0.638. The maximum atomic E-state index is 5.85. The van der Waals surface area contributed by atoms with E-state index in [1.165, 1.54) is 11.3 Å². The van der Waals surface area contributed by atoms with E-state index in [0.29, 0.717) is 0 Å². The molecule has 0 saturated carbocycles. The third kappa shape index (κ3) is 0.807. The van der Waals surface area contributed by atoms with E-state index >= 15 is 0 Å². The van der Waals surface area contributed by atoms with Gasteiger partial charge in [-0.1, -0.05) is 0 Å². The molecule has 0 aromatic carbocycles. The Kier molecular flexibility index (Phi) is 1.29. The number of rotatable bonds is 0. The molecular weight excluding hydrogens is 138 g/mol. The lowest BCUT2D eigenvalue weighted by Gasteiger charge is -1.98. The number of aryl methyl sites for hydroxylation is 1. The van der Waals surface area contributed by atoms with Gasteiger partial charge in [-0.15, -0.1) is 0 Å². The second-order valence-electron chi connectivity index (χ2n) is 3.22. The van der Waals surface area contributed by atoms with Crippen molar-refractivity contribution < 1.29 is 0 Å². The summed E-state index contributed by atoms with van der Waals surface area (Å²) in [5.74, 6) is 0. The molecule has 2 rings (SSSR count). The van der Waals surface area contributed by atoms with Crippen LogP contribution in [0.2, 0.25) is 0 Å². The van der Waals surface area contributed by atoms with E-state index in [1.807, 2.05) is 11.7 Å². The lowest BCUT2D eigenvalue weighted by atomic mass is 10.2. The Morgan fingerprint density at radius 2 is 2.36 bits per heavy atom. The summed E-state index contributed by atoms with van der Waals surface area (Å²) in [6, 6.07) is 0.185. The average molecular weight is 151 g/mol. The second-order valence-corrected chi connectivity index (χ2v) is 3.22. The normalized spacial score (nSPS) is 22.3. The highest BCUT2D eigenvalue weighted by molar-refractivity contribution is 5.32. The highest BCUT2D eigenvalue weighted by Crippen LogP contribution is 2.29. The van der Waals surface area contributed by atoms with Gasteiger partial charge in [0.2, 0.25) is 0 Å². The third-order valence-corrected chi connectivity index (χ3v) is 2.55. The first-order valence-corrected chi connectivity index (χ1v) is 3.98. The third-order valence-electron chi connectivity index (χ3n) is 2.55. The molecule has 1 unspecified atom stereocenters. The maximum absolute atomic E-state index is 5.85. The molecule has 1 aromatic rings. The van der Waals surface area contributed by atoms with Crippen LogP contribution < -0.4 is 5.73 Å². The molecular formula is C8H13N3. The van der Waals surface area contributed by atoms with Crippen LogP contribution in [0.4, 0.5) is 0 Å². The van der Waals surface area contributed by atoms with E-state index in [0.717, 1.165) is 18.5 Å². The van der Waals surface area contributed by atoms with Gasteiger partial charge in [0.25, 0.3) is 0 Å². The molecule has 0 saturated heterocycles. The van der Waals surface area contributed by atoms with Gasteiger partial charge < -0.3 is 5.73 Å². The number of fused-ring (bicyclic) bond motifs is 1. The first kappa shape index (κ1) is 6.85. The van der Waals surface area contributed by atoms with Gasteiger partial charge >= 0.3 is 0 Å². The molecule has 2 N–H and O–H groups in total. The molecule has 0 aliphatic heterocycles. The Morgan fingerprint density at radius 3 is 3.00 bits per heavy atom. The molecule has 1 aliphatic rings. The van der Waals surface area contributed by atoms with Crippen molar-refractivity contribution in [1.82, 2.24) is 9.78 Å². The Labute approximate surface area is 66.2 Å². The monoisotopic (exact) mass is 151 g/mol. The molecule has 11 heavy (non-hydrogen) atoms. The fraction of sp³-hybridized carbons (Fsp3) is 0.625. The molecule has 3 nitrogen and oxygen atoms in total. The van der Waals surface area contributed by atoms with Crippen molar-refractivity contribution in [3.05, 3.63) is 17.0 Å². The van der Waals surface area contributed by atoms with Gasteiger partial charge in [0, 0.05) is 18.8 Å². The van der Waals surface area contributed by atoms with Gasteiger partial charge in [-0.05, 0) is 25.3 Å². The molecule has 1 aromatic heterocycles. The summed E-state index contributed by atoms with van der Waals surface area (Å²) in [7, 11) is 1.97. The van der Waals surface area contributed by atoms with E-state index < -0.39 is 0 Å². The number of nitrogens with zero attached hydrogens (tertiary/aromatic N) is 2. The molecule has 1 atom stereocenters. The SMILES string of the molecule is Cc1c2c(nn1C)C(N)CC2. The van der Waals surface area contributed by atoms with Gasteiger partial charge in [-0.3, -0.25) is 4.68 Å². The van der Waals surface area contributed by atoms with Crippen LogP contribution in [0.3, 0.4) is 0 Å². The fourth-order valence-corrected chi connectivity index (χ4v) is 1.72. The van der Waals surface area contributed by atoms with Crippen molar-refractivity contribution in [3.63, 3.8) is 0 Å². The largest absolute Gasteiger partial charge is 0.323 e. The molecule has 0 amide bonds. The molecule has 3 heteroatoms. The Morgan fingerprint density at radius 1 is 1.64 bits per heavy atom. The first-order valence-electron chi connectivity index (χ1n) is 3.98. The summed E-state index contributed by atoms with van der Waals surface area (Å²) < 4.78 is 1.92. The average Bonchev–Trinajstić information content (AvgIpc) is 2.43.